The second-order valence-corrected chi connectivity index (χ2v) is 5.32. The Morgan fingerprint density at radius 1 is 1.24 bits per heavy atom. The molecule has 25 heavy (non-hydrogen) atoms. The standard InChI is InChI=1S/C15H26N5O5/c1-2-18-9-13(23)20(11(10-21)8-14(24)25)12(22)6-4-3-5-7-19-15(16)17/h11,18H,2-9H2,1H3,(H,24,25)(H4,16,17,19)/t11-/m0/s1. The average Bonchev–Trinajstić information content (AvgIpc) is 2.54. The SMILES string of the molecule is CCNCC(=O)N(C(=O)CCCCCNC(=N)N)[C@H]([C]=O)CC(=O)O. The van der Waals surface area contributed by atoms with E-state index in [1.807, 2.05) is 0 Å². The number of nitrogens with zero attached hydrogens (tertiary/aromatic N) is 1. The van der Waals surface area contributed by atoms with Crippen molar-refractivity contribution in [1.82, 2.24) is 15.5 Å². The fraction of sp³-hybridized carbons (Fsp3) is 0.667. The maximum Gasteiger partial charge on any atom is 0.305 e. The molecule has 0 aliphatic heterocycles. The summed E-state index contributed by atoms with van der Waals surface area (Å²) in [5.74, 6) is -2.68. The second-order valence-electron chi connectivity index (χ2n) is 5.32. The van der Waals surface area contributed by atoms with Gasteiger partial charge in [-0.1, -0.05) is 13.3 Å². The van der Waals surface area contributed by atoms with Crippen LogP contribution in [0.4, 0.5) is 0 Å². The van der Waals surface area contributed by atoms with Crippen LogP contribution in [-0.4, -0.2) is 65.7 Å². The van der Waals surface area contributed by atoms with Crippen LogP contribution in [0.5, 0.6) is 0 Å². The predicted molar refractivity (Wildman–Crippen MR) is 90.5 cm³/mol. The van der Waals surface area contributed by atoms with Crippen molar-refractivity contribution in [2.24, 2.45) is 5.73 Å². The van der Waals surface area contributed by atoms with Crippen molar-refractivity contribution >= 4 is 30.0 Å². The molecule has 10 heteroatoms. The predicted octanol–water partition coefficient (Wildman–Crippen LogP) is -1.05. The summed E-state index contributed by atoms with van der Waals surface area (Å²) in [7, 11) is 0. The fourth-order valence-electron chi connectivity index (χ4n) is 2.08. The third-order valence-corrected chi connectivity index (χ3v) is 3.26. The molecule has 0 aromatic rings. The molecule has 1 radical (unpaired) electrons. The number of carboxylic acid groups (broad SMARTS) is 1. The number of likely N-dealkylation sites (N-methyl/N-ethyl adjacent to an activating group) is 1. The van der Waals surface area contributed by atoms with E-state index in [0.717, 1.165) is 0 Å². The van der Waals surface area contributed by atoms with Crippen LogP contribution in [0.25, 0.3) is 0 Å². The van der Waals surface area contributed by atoms with E-state index in [2.05, 4.69) is 10.6 Å². The summed E-state index contributed by atoms with van der Waals surface area (Å²) >= 11 is 0. The van der Waals surface area contributed by atoms with Crippen molar-refractivity contribution in [3.05, 3.63) is 0 Å². The molecule has 2 amide bonds. The lowest BCUT2D eigenvalue weighted by molar-refractivity contribution is -0.147. The van der Waals surface area contributed by atoms with E-state index in [9.17, 15) is 19.2 Å². The molecule has 10 nitrogen and oxygen atoms in total. The van der Waals surface area contributed by atoms with E-state index in [-0.39, 0.29) is 18.9 Å². The van der Waals surface area contributed by atoms with Gasteiger partial charge in [0, 0.05) is 13.0 Å². The molecule has 0 aliphatic carbocycles. The first kappa shape index (κ1) is 22.5. The van der Waals surface area contributed by atoms with Gasteiger partial charge in [0.1, 0.15) is 6.04 Å². The van der Waals surface area contributed by atoms with E-state index >= 15 is 0 Å². The summed E-state index contributed by atoms with van der Waals surface area (Å²) in [5, 5.41) is 21.2. The molecule has 141 valence electrons. The van der Waals surface area contributed by atoms with Gasteiger partial charge in [-0.15, -0.1) is 0 Å². The highest BCUT2D eigenvalue weighted by atomic mass is 16.4. The molecular formula is C15H26N5O5. The summed E-state index contributed by atoms with van der Waals surface area (Å²) < 4.78 is 0. The first-order chi connectivity index (χ1) is 11.8. The number of amides is 2. The van der Waals surface area contributed by atoms with Crippen molar-refractivity contribution in [1.29, 1.82) is 5.41 Å². The quantitative estimate of drug-likeness (QED) is 0.158. The Hall–Kier alpha value is -2.49. The van der Waals surface area contributed by atoms with Gasteiger partial charge in [-0.05, 0) is 19.4 Å². The number of nitrogens with two attached hydrogens (primary N) is 1. The molecule has 0 aromatic carbocycles. The summed E-state index contributed by atoms with van der Waals surface area (Å²) in [6.45, 7) is 2.60. The molecular weight excluding hydrogens is 330 g/mol. The number of carboxylic acids is 1. The van der Waals surface area contributed by atoms with E-state index in [1.165, 1.54) is 6.29 Å². The summed E-state index contributed by atoms with van der Waals surface area (Å²) in [6.07, 6.45) is 2.60. The Morgan fingerprint density at radius 3 is 2.44 bits per heavy atom. The number of carbonyl (C=O) groups excluding carboxylic acids is 3. The molecule has 6 N–H and O–H groups in total. The molecule has 0 rings (SSSR count). The van der Waals surface area contributed by atoms with Crippen molar-refractivity contribution in [2.75, 3.05) is 19.6 Å². The Labute approximate surface area is 146 Å². The van der Waals surface area contributed by atoms with Crippen LogP contribution in [0.2, 0.25) is 0 Å². The maximum absolute atomic E-state index is 12.3. The van der Waals surface area contributed by atoms with Gasteiger partial charge < -0.3 is 21.5 Å². The van der Waals surface area contributed by atoms with Gasteiger partial charge in [-0.2, -0.15) is 0 Å². The van der Waals surface area contributed by atoms with Gasteiger partial charge in [0.2, 0.25) is 18.1 Å². The third kappa shape index (κ3) is 10.1. The molecule has 0 saturated heterocycles. The zero-order valence-corrected chi connectivity index (χ0v) is 14.3. The lowest BCUT2D eigenvalue weighted by atomic mass is 10.1. The molecule has 0 unspecified atom stereocenters. The van der Waals surface area contributed by atoms with Crippen LogP contribution < -0.4 is 16.4 Å². The highest BCUT2D eigenvalue weighted by Gasteiger charge is 2.31. The van der Waals surface area contributed by atoms with Gasteiger partial charge in [-0.3, -0.25) is 29.5 Å². The van der Waals surface area contributed by atoms with Gasteiger partial charge in [-0.25, -0.2) is 0 Å². The zero-order valence-electron chi connectivity index (χ0n) is 14.3. The molecule has 0 fully saturated rings. The first-order valence-electron chi connectivity index (χ1n) is 8.06. The Balaban J connectivity index is 4.68. The molecule has 0 aromatic heterocycles. The second kappa shape index (κ2) is 12.9. The van der Waals surface area contributed by atoms with E-state index in [1.54, 1.807) is 6.92 Å². The minimum atomic E-state index is -1.43. The van der Waals surface area contributed by atoms with Crippen LogP contribution >= 0.6 is 0 Å². The third-order valence-electron chi connectivity index (χ3n) is 3.26. The number of carbonyl (C=O) groups is 3. The summed E-state index contributed by atoms with van der Waals surface area (Å²) in [4.78, 5) is 47.0. The smallest absolute Gasteiger partial charge is 0.305 e. The van der Waals surface area contributed by atoms with E-state index < -0.39 is 30.2 Å². The van der Waals surface area contributed by atoms with Gasteiger partial charge in [0.25, 0.3) is 0 Å². The number of hydrogen-bond donors (Lipinski definition) is 5. The van der Waals surface area contributed by atoms with Crippen LogP contribution in [0, 0.1) is 5.41 Å². The first-order valence-corrected chi connectivity index (χ1v) is 8.06. The van der Waals surface area contributed by atoms with Crippen LogP contribution in [0.1, 0.15) is 39.0 Å². The number of nitrogens with one attached hydrogen (secondary N) is 3. The fourth-order valence-corrected chi connectivity index (χ4v) is 2.08. The molecule has 0 spiro atoms. The van der Waals surface area contributed by atoms with Crippen LogP contribution in [-0.2, 0) is 19.2 Å². The van der Waals surface area contributed by atoms with Crippen molar-refractivity contribution in [3.8, 4) is 0 Å². The zero-order chi connectivity index (χ0) is 19.2. The highest BCUT2D eigenvalue weighted by molar-refractivity contribution is 5.99. The highest BCUT2D eigenvalue weighted by Crippen LogP contribution is 2.09. The van der Waals surface area contributed by atoms with Crippen molar-refractivity contribution in [3.63, 3.8) is 0 Å². The van der Waals surface area contributed by atoms with E-state index in [0.29, 0.717) is 37.3 Å². The largest absolute Gasteiger partial charge is 0.481 e. The monoisotopic (exact) mass is 356 g/mol. The number of hydrogen-bond acceptors (Lipinski definition) is 6. The number of imide groups is 1. The van der Waals surface area contributed by atoms with Gasteiger partial charge >= 0.3 is 5.97 Å². The number of aliphatic carboxylic acids is 1. The van der Waals surface area contributed by atoms with Crippen molar-refractivity contribution in [2.45, 2.75) is 45.1 Å². The van der Waals surface area contributed by atoms with Gasteiger partial charge in [0.15, 0.2) is 5.96 Å². The molecule has 0 saturated carbocycles. The van der Waals surface area contributed by atoms with Crippen LogP contribution in [0.15, 0.2) is 0 Å². The van der Waals surface area contributed by atoms with E-state index in [4.69, 9.17) is 16.2 Å². The number of rotatable bonds is 13. The van der Waals surface area contributed by atoms with Crippen LogP contribution in [0.3, 0.4) is 0 Å². The Kier molecular flexibility index (Phi) is 11.6. The number of unbranched alkanes of at least 4 members (excludes halogenated alkanes) is 2. The minimum absolute atomic E-state index is 0.00966. The molecule has 1 atom stereocenters. The average molecular weight is 356 g/mol. The lowest BCUT2D eigenvalue weighted by Crippen LogP contribution is -2.49. The van der Waals surface area contributed by atoms with Crippen molar-refractivity contribution < 1.29 is 24.3 Å². The molecule has 0 aliphatic rings. The summed E-state index contributed by atoms with van der Waals surface area (Å²) in [5.41, 5.74) is 5.14. The normalized spacial score (nSPS) is 11.4. The molecule has 0 heterocycles. The lowest BCUT2D eigenvalue weighted by Gasteiger charge is -2.25. The maximum atomic E-state index is 12.3. The number of guanidine groups is 1. The minimum Gasteiger partial charge on any atom is -0.481 e. The Morgan fingerprint density at radius 2 is 1.92 bits per heavy atom. The van der Waals surface area contributed by atoms with Gasteiger partial charge in [0.05, 0.1) is 13.0 Å². The molecule has 0 bridgehead atoms. The summed E-state index contributed by atoms with van der Waals surface area (Å²) in [6, 6.07) is -1.43. The Bertz CT molecular complexity index is 483. The topological polar surface area (TPSA) is 166 Å².